The van der Waals surface area contributed by atoms with Crippen LogP contribution in [0.4, 0.5) is 5.69 Å². The number of hydrogen-bond acceptors (Lipinski definition) is 4. The number of ketones is 1. The number of carbonyl (C=O) groups excluding carboxylic acids is 1. The first-order valence-electron chi connectivity index (χ1n) is 6.62. The van der Waals surface area contributed by atoms with E-state index in [4.69, 9.17) is 10.8 Å². The average Bonchev–Trinajstić information content (AvgIpc) is 2.45. The number of aliphatic carboxylic acids is 1. The van der Waals surface area contributed by atoms with Crippen LogP contribution in [0.15, 0.2) is 36.4 Å². The highest BCUT2D eigenvalue weighted by Gasteiger charge is 2.19. The van der Waals surface area contributed by atoms with E-state index in [0.717, 1.165) is 16.5 Å². The molecule has 0 spiro atoms. The first kappa shape index (κ1) is 15.0. The standard InChI is InChI=1S/C16H18N2O3/c1-18(2)11-6-7-12-10(8-11)4-3-5-13(12)15(19)9-14(17)16(20)21/h3-8,14H,9,17H2,1-2H3,(H,20,21)/t14-/m0/s1. The fourth-order valence-electron chi connectivity index (χ4n) is 2.19. The van der Waals surface area contributed by atoms with Crippen molar-refractivity contribution in [3.63, 3.8) is 0 Å². The van der Waals surface area contributed by atoms with Crippen molar-refractivity contribution in [3.05, 3.63) is 42.0 Å². The SMILES string of the molecule is CN(C)c1ccc2c(C(=O)C[C@H](N)C(=O)O)cccc2c1. The van der Waals surface area contributed by atoms with Crippen molar-refractivity contribution in [3.8, 4) is 0 Å². The zero-order valence-electron chi connectivity index (χ0n) is 12.0. The van der Waals surface area contributed by atoms with Crippen molar-refractivity contribution in [1.29, 1.82) is 0 Å². The number of carbonyl (C=O) groups is 2. The summed E-state index contributed by atoms with van der Waals surface area (Å²) < 4.78 is 0. The minimum Gasteiger partial charge on any atom is -0.480 e. The van der Waals surface area contributed by atoms with Gasteiger partial charge in [0, 0.05) is 31.8 Å². The molecule has 0 amide bonds. The molecule has 0 radical (unpaired) electrons. The van der Waals surface area contributed by atoms with Gasteiger partial charge in [0.05, 0.1) is 0 Å². The number of hydrogen-bond donors (Lipinski definition) is 2. The zero-order chi connectivity index (χ0) is 15.6. The molecule has 0 aliphatic rings. The molecular formula is C16H18N2O3. The molecule has 0 aliphatic heterocycles. The van der Waals surface area contributed by atoms with Crippen LogP contribution in [0.2, 0.25) is 0 Å². The van der Waals surface area contributed by atoms with Gasteiger partial charge in [-0.25, -0.2) is 0 Å². The van der Waals surface area contributed by atoms with E-state index < -0.39 is 12.0 Å². The Bertz CT molecular complexity index is 695. The van der Waals surface area contributed by atoms with Gasteiger partial charge in [-0.3, -0.25) is 9.59 Å². The van der Waals surface area contributed by atoms with E-state index in [2.05, 4.69) is 0 Å². The topological polar surface area (TPSA) is 83.6 Å². The summed E-state index contributed by atoms with van der Waals surface area (Å²) in [6.07, 6.45) is -0.204. The van der Waals surface area contributed by atoms with Crippen LogP contribution >= 0.6 is 0 Å². The second-order valence-corrected chi connectivity index (χ2v) is 5.18. The number of nitrogens with two attached hydrogens (primary N) is 1. The van der Waals surface area contributed by atoms with Crippen LogP contribution in [0, 0.1) is 0 Å². The third-order valence-electron chi connectivity index (χ3n) is 3.40. The molecule has 5 heteroatoms. The fourth-order valence-corrected chi connectivity index (χ4v) is 2.19. The van der Waals surface area contributed by atoms with Crippen LogP contribution in [0.1, 0.15) is 16.8 Å². The van der Waals surface area contributed by atoms with Gasteiger partial charge in [-0.15, -0.1) is 0 Å². The van der Waals surface area contributed by atoms with Gasteiger partial charge < -0.3 is 15.7 Å². The van der Waals surface area contributed by atoms with E-state index in [1.165, 1.54) is 0 Å². The van der Waals surface area contributed by atoms with Crippen molar-refractivity contribution in [1.82, 2.24) is 0 Å². The van der Waals surface area contributed by atoms with Crippen molar-refractivity contribution in [2.45, 2.75) is 12.5 Å². The van der Waals surface area contributed by atoms with Gasteiger partial charge in [0.2, 0.25) is 0 Å². The Hall–Kier alpha value is -2.40. The van der Waals surface area contributed by atoms with E-state index >= 15 is 0 Å². The van der Waals surface area contributed by atoms with Gasteiger partial charge in [-0.05, 0) is 22.9 Å². The van der Waals surface area contributed by atoms with Gasteiger partial charge in [0.25, 0.3) is 0 Å². The molecule has 0 aliphatic carbocycles. The summed E-state index contributed by atoms with van der Waals surface area (Å²) in [5.41, 5.74) is 6.98. The Kier molecular flexibility index (Phi) is 4.23. The lowest BCUT2D eigenvalue weighted by Gasteiger charge is -2.14. The first-order valence-corrected chi connectivity index (χ1v) is 6.62. The molecule has 2 aromatic carbocycles. The summed E-state index contributed by atoms with van der Waals surface area (Å²) in [5.74, 6) is -1.42. The molecule has 2 aromatic rings. The molecule has 5 nitrogen and oxygen atoms in total. The maximum Gasteiger partial charge on any atom is 0.320 e. The van der Waals surface area contributed by atoms with Gasteiger partial charge >= 0.3 is 5.97 Å². The lowest BCUT2D eigenvalue weighted by Crippen LogP contribution is -2.32. The fraction of sp³-hybridized carbons (Fsp3) is 0.250. The Morgan fingerprint density at radius 1 is 1.24 bits per heavy atom. The highest BCUT2D eigenvalue weighted by atomic mass is 16.4. The Morgan fingerprint density at radius 3 is 2.57 bits per heavy atom. The van der Waals surface area contributed by atoms with Crippen LogP contribution in [0.5, 0.6) is 0 Å². The van der Waals surface area contributed by atoms with E-state index in [0.29, 0.717) is 5.56 Å². The maximum atomic E-state index is 12.2. The number of fused-ring (bicyclic) bond motifs is 1. The molecule has 110 valence electrons. The maximum absolute atomic E-state index is 12.2. The van der Waals surface area contributed by atoms with Crippen molar-refractivity contribution in [2.75, 3.05) is 19.0 Å². The number of carboxylic acid groups (broad SMARTS) is 1. The first-order chi connectivity index (χ1) is 9.90. The Labute approximate surface area is 123 Å². The van der Waals surface area contributed by atoms with Crippen molar-refractivity contribution in [2.24, 2.45) is 5.73 Å². The normalized spacial score (nSPS) is 12.1. The summed E-state index contributed by atoms with van der Waals surface area (Å²) in [6.45, 7) is 0. The minimum atomic E-state index is -1.17. The van der Waals surface area contributed by atoms with E-state index in [-0.39, 0.29) is 12.2 Å². The average molecular weight is 286 g/mol. The second kappa shape index (κ2) is 5.93. The van der Waals surface area contributed by atoms with Crippen LogP contribution in [0.25, 0.3) is 10.8 Å². The number of rotatable bonds is 5. The van der Waals surface area contributed by atoms with Crippen LogP contribution in [0.3, 0.4) is 0 Å². The molecule has 0 heterocycles. The monoisotopic (exact) mass is 286 g/mol. The summed E-state index contributed by atoms with van der Waals surface area (Å²) in [6, 6.07) is 10.0. The van der Waals surface area contributed by atoms with Crippen LogP contribution < -0.4 is 10.6 Å². The van der Waals surface area contributed by atoms with Gasteiger partial charge in [0.1, 0.15) is 6.04 Å². The largest absolute Gasteiger partial charge is 0.480 e. The highest BCUT2D eigenvalue weighted by Crippen LogP contribution is 2.25. The highest BCUT2D eigenvalue weighted by molar-refractivity contribution is 6.09. The molecule has 0 fully saturated rings. The second-order valence-electron chi connectivity index (χ2n) is 5.18. The molecule has 2 rings (SSSR count). The molecule has 0 saturated carbocycles. The minimum absolute atomic E-state index is 0.204. The predicted molar refractivity (Wildman–Crippen MR) is 82.8 cm³/mol. The Morgan fingerprint density at radius 2 is 1.95 bits per heavy atom. The quantitative estimate of drug-likeness (QED) is 0.820. The van der Waals surface area contributed by atoms with E-state index in [9.17, 15) is 9.59 Å². The molecular weight excluding hydrogens is 268 g/mol. The zero-order valence-corrected chi connectivity index (χ0v) is 12.0. The lowest BCUT2D eigenvalue weighted by atomic mass is 9.97. The van der Waals surface area contributed by atoms with Gasteiger partial charge in [-0.1, -0.05) is 24.3 Å². The van der Waals surface area contributed by atoms with E-state index in [1.54, 1.807) is 12.1 Å². The molecule has 0 aromatic heterocycles. The van der Waals surface area contributed by atoms with Gasteiger partial charge in [-0.2, -0.15) is 0 Å². The number of nitrogens with zero attached hydrogens (tertiary/aromatic N) is 1. The molecule has 1 atom stereocenters. The molecule has 3 N–H and O–H groups in total. The molecule has 0 saturated heterocycles. The third-order valence-corrected chi connectivity index (χ3v) is 3.40. The number of Topliss-reactive ketones (excluding diaryl/α,β-unsaturated/α-hetero) is 1. The lowest BCUT2D eigenvalue weighted by molar-refractivity contribution is -0.138. The summed E-state index contributed by atoms with van der Waals surface area (Å²) >= 11 is 0. The van der Waals surface area contributed by atoms with Crippen molar-refractivity contribution >= 4 is 28.2 Å². The number of carboxylic acids is 1. The Balaban J connectivity index is 2.40. The summed E-state index contributed by atoms with van der Waals surface area (Å²) in [5, 5.41) is 10.6. The van der Waals surface area contributed by atoms with Crippen LogP contribution in [-0.2, 0) is 4.79 Å². The van der Waals surface area contributed by atoms with Crippen molar-refractivity contribution < 1.29 is 14.7 Å². The number of benzene rings is 2. The molecule has 0 unspecified atom stereocenters. The molecule has 21 heavy (non-hydrogen) atoms. The van der Waals surface area contributed by atoms with E-state index in [1.807, 2.05) is 43.3 Å². The summed E-state index contributed by atoms with van der Waals surface area (Å²) in [4.78, 5) is 25.0. The summed E-state index contributed by atoms with van der Waals surface area (Å²) in [7, 11) is 3.89. The number of anilines is 1. The predicted octanol–water partition coefficient (Wildman–Crippen LogP) is 1.89. The third kappa shape index (κ3) is 3.20. The van der Waals surface area contributed by atoms with Gasteiger partial charge in [0.15, 0.2) is 5.78 Å². The smallest absolute Gasteiger partial charge is 0.320 e. The van der Waals surface area contributed by atoms with Crippen LogP contribution in [-0.4, -0.2) is 37.0 Å². The molecule has 0 bridgehead atoms.